The molecule has 9 heteroatoms. The predicted octanol–water partition coefficient (Wildman–Crippen LogP) is 2.14. The number of hydrogen-bond acceptors (Lipinski definition) is 7. The van der Waals surface area contributed by atoms with Crippen molar-refractivity contribution < 1.29 is 18.7 Å². The molecule has 1 aliphatic rings. The summed E-state index contributed by atoms with van der Waals surface area (Å²) in [5, 5.41) is 16.3. The number of anilines is 1. The average Bonchev–Trinajstić information content (AvgIpc) is 3.17. The number of benzene rings is 1. The molecule has 1 saturated carbocycles. The summed E-state index contributed by atoms with van der Waals surface area (Å²) in [7, 11) is 1.58. The number of aromatic nitrogens is 4. The number of carbonyl (C=O) groups excluding carboxylic acids is 1. The van der Waals surface area contributed by atoms with Gasteiger partial charge in [-0.05, 0) is 42.7 Å². The van der Waals surface area contributed by atoms with E-state index in [2.05, 4.69) is 25.9 Å². The van der Waals surface area contributed by atoms with Crippen LogP contribution >= 0.6 is 0 Å². The second-order valence-corrected chi connectivity index (χ2v) is 5.48. The van der Waals surface area contributed by atoms with Crippen molar-refractivity contribution in [3.63, 3.8) is 0 Å². The molecule has 0 radical (unpaired) electrons. The van der Waals surface area contributed by atoms with Crippen molar-refractivity contribution in [3.8, 4) is 11.5 Å². The number of furan rings is 1. The summed E-state index contributed by atoms with van der Waals surface area (Å²) < 4.78 is 16.9. The van der Waals surface area contributed by atoms with Crippen molar-refractivity contribution in [1.82, 2.24) is 20.6 Å². The SMILES string of the molecule is COc1ccc2oc(C(=O)Nc3nn[nH]n3)c(OC3CCC3)c2c1. The molecule has 24 heavy (non-hydrogen) atoms. The number of H-pyrrole nitrogens is 1. The van der Waals surface area contributed by atoms with E-state index in [1.165, 1.54) is 0 Å². The van der Waals surface area contributed by atoms with Crippen LogP contribution in [0.1, 0.15) is 29.8 Å². The van der Waals surface area contributed by atoms with Crippen LogP contribution in [0.3, 0.4) is 0 Å². The zero-order chi connectivity index (χ0) is 16.5. The second kappa shape index (κ2) is 5.84. The number of carbonyl (C=O) groups is 1. The van der Waals surface area contributed by atoms with Gasteiger partial charge in [0.2, 0.25) is 5.76 Å². The summed E-state index contributed by atoms with van der Waals surface area (Å²) in [6.45, 7) is 0. The van der Waals surface area contributed by atoms with E-state index in [-0.39, 0.29) is 17.8 Å². The normalized spacial score (nSPS) is 14.4. The van der Waals surface area contributed by atoms with Gasteiger partial charge in [-0.25, -0.2) is 0 Å². The number of amides is 1. The fourth-order valence-electron chi connectivity index (χ4n) is 2.48. The molecule has 2 heterocycles. The number of tetrazole rings is 1. The summed E-state index contributed by atoms with van der Waals surface area (Å²) in [6.07, 6.45) is 3.13. The quantitative estimate of drug-likeness (QED) is 0.736. The van der Waals surface area contributed by atoms with Crippen molar-refractivity contribution in [3.05, 3.63) is 24.0 Å². The Bertz CT molecular complexity index is 870. The molecule has 1 fully saturated rings. The first kappa shape index (κ1) is 14.5. The summed E-state index contributed by atoms with van der Waals surface area (Å²) in [5.74, 6) is 0.713. The number of methoxy groups -OCH3 is 1. The molecule has 1 aromatic carbocycles. The molecule has 124 valence electrons. The van der Waals surface area contributed by atoms with Gasteiger partial charge in [0.15, 0.2) is 5.75 Å². The summed E-state index contributed by atoms with van der Waals surface area (Å²) >= 11 is 0. The van der Waals surface area contributed by atoms with Gasteiger partial charge in [-0.3, -0.25) is 10.1 Å². The van der Waals surface area contributed by atoms with E-state index in [9.17, 15) is 4.79 Å². The van der Waals surface area contributed by atoms with Crippen LogP contribution in [0.5, 0.6) is 11.5 Å². The number of aromatic amines is 1. The lowest BCUT2D eigenvalue weighted by molar-refractivity contribution is 0.0961. The molecular weight excluding hydrogens is 314 g/mol. The minimum absolute atomic E-state index is 0.0626. The first-order valence-corrected chi connectivity index (χ1v) is 7.56. The lowest BCUT2D eigenvalue weighted by Crippen LogP contribution is -2.25. The van der Waals surface area contributed by atoms with E-state index < -0.39 is 5.91 Å². The van der Waals surface area contributed by atoms with Gasteiger partial charge in [0.1, 0.15) is 11.3 Å². The Labute approximate surface area is 136 Å². The number of nitrogens with one attached hydrogen (secondary N) is 2. The monoisotopic (exact) mass is 329 g/mol. The Balaban J connectivity index is 1.74. The first-order valence-electron chi connectivity index (χ1n) is 7.56. The van der Waals surface area contributed by atoms with Crippen LogP contribution in [-0.2, 0) is 0 Å². The lowest BCUT2D eigenvalue weighted by Gasteiger charge is -2.26. The molecule has 3 aromatic rings. The second-order valence-electron chi connectivity index (χ2n) is 5.48. The maximum atomic E-state index is 12.5. The summed E-state index contributed by atoms with van der Waals surface area (Å²) in [4.78, 5) is 12.5. The van der Waals surface area contributed by atoms with Crippen molar-refractivity contribution >= 4 is 22.8 Å². The summed E-state index contributed by atoms with van der Waals surface area (Å²) in [6, 6.07) is 5.30. The van der Waals surface area contributed by atoms with Crippen molar-refractivity contribution in [2.45, 2.75) is 25.4 Å². The van der Waals surface area contributed by atoms with Gasteiger partial charge in [-0.2, -0.15) is 5.21 Å². The van der Waals surface area contributed by atoms with Crippen molar-refractivity contribution in [2.75, 3.05) is 12.4 Å². The third kappa shape index (κ3) is 2.53. The topological polar surface area (TPSA) is 115 Å². The highest BCUT2D eigenvalue weighted by Crippen LogP contribution is 2.38. The van der Waals surface area contributed by atoms with Gasteiger partial charge in [0.05, 0.1) is 18.6 Å². The smallest absolute Gasteiger partial charge is 0.297 e. The van der Waals surface area contributed by atoms with E-state index in [0.717, 1.165) is 19.3 Å². The van der Waals surface area contributed by atoms with Gasteiger partial charge in [0.25, 0.3) is 11.9 Å². The molecule has 4 rings (SSSR count). The number of nitrogens with zero attached hydrogens (tertiary/aromatic N) is 3. The van der Waals surface area contributed by atoms with Crippen LogP contribution in [0, 0.1) is 0 Å². The van der Waals surface area contributed by atoms with Crippen LogP contribution in [0.15, 0.2) is 22.6 Å². The molecular formula is C15H15N5O4. The third-order valence-corrected chi connectivity index (χ3v) is 3.96. The largest absolute Gasteiger partial charge is 0.497 e. The van der Waals surface area contributed by atoms with E-state index in [1.54, 1.807) is 25.3 Å². The molecule has 1 amide bonds. The molecule has 0 saturated heterocycles. The molecule has 2 N–H and O–H groups in total. The molecule has 0 spiro atoms. The van der Waals surface area contributed by atoms with E-state index in [1.807, 2.05) is 0 Å². The van der Waals surface area contributed by atoms with Crippen molar-refractivity contribution in [1.29, 1.82) is 0 Å². The van der Waals surface area contributed by atoms with E-state index in [0.29, 0.717) is 22.5 Å². The Morgan fingerprint density at radius 3 is 2.96 bits per heavy atom. The van der Waals surface area contributed by atoms with Gasteiger partial charge in [0, 0.05) is 0 Å². The van der Waals surface area contributed by atoms with Crippen LogP contribution < -0.4 is 14.8 Å². The molecule has 9 nitrogen and oxygen atoms in total. The fraction of sp³-hybridized carbons (Fsp3) is 0.333. The number of hydrogen-bond donors (Lipinski definition) is 2. The Hall–Kier alpha value is -3.10. The van der Waals surface area contributed by atoms with Gasteiger partial charge in [-0.15, -0.1) is 5.10 Å². The molecule has 0 unspecified atom stereocenters. The highest BCUT2D eigenvalue weighted by molar-refractivity contribution is 6.07. The summed E-state index contributed by atoms with van der Waals surface area (Å²) in [5.41, 5.74) is 0.545. The standard InChI is InChI=1S/C15H15N5O4/c1-22-9-5-6-11-10(7-9)12(23-8-3-2-4-8)13(24-11)14(21)16-15-17-19-20-18-15/h5-8H,2-4H2,1H3,(H2,16,17,18,19,20,21). The number of ether oxygens (including phenoxy) is 2. The van der Waals surface area contributed by atoms with Crippen LogP contribution in [-0.4, -0.2) is 39.7 Å². The van der Waals surface area contributed by atoms with Gasteiger partial charge < -0.3 is 13.9 Å². The van der Waals surface area contributed by atoms with Gasteiger partial charge >= 0.3 is 0 Å². The lowest BCUT2D eigenvalue weighted by atomic mass is 9.96. The molecule has 2 aromatic heterocycles. The third-order valence-electron chi connectivity index (χ3n) is 3.96. The van der Waals surface area contributed by atoms with E-state index in [4.69, 9.17) is 13.9 Å². The number of rotatable bonds is 5. The predicted molar refractivity (Wildman–Crippen MR) is 83.2 cm³/mol. The zero-order valence-electron chi connectivity index (χ0n) is 12.9. The molecule has 1 aliphatic carbocycles. The Morgan fingerprint density at radius 2 is 2.29 bits per heavy atom. The van der Waals surface area contributed by atoms with E-state index >= 15 is 0 Å². The van der Waals surface area contributed by atoms with Crippen LogP contribution in [0.4, 0.5) is 5.95 Å². The van der Waals surface area contributed by atoms with Crippen LogP contribution in [0.25, 0.3) is 11.0 Å². The number of fused-ring (bicyclic) bond motifs is 1. The average molecular weight is 329 g/mol. The van der Waals surface area contributed by atoms with Crippen LogP contribution in [0.2, 0.25) is 0 Å². The highest BCUT2D eigenvalue weighted by atomic mass is 16.5. The zero-order valence-corrected chi connectivity index (χ0v) is 12.9. The Kier molecular flexibility index (Phi) is 3.52. The fourth-order valence-corrected chi connectivity index (χ4v) is 2.48. The maximum absolute atomic E-state index is 12.5. The maximum Gasteiger partial charge on any atom is 0.297 e. The van der Waals surface area contributed by atoms with Crippen molar-refractivity contribution in [2.24, 2.45) is 0 Å². The molecule has 0 aliphatic heterocycles. The minimum Gasteiger partial charge on any atom is -0.497 e. The minimum atomic E-state index is -0.499. The van der Waals surface area contributed by atoms with Gasteiger partial charge in [-0.1, -0.05) is 5.10 Å². The Morgan fingerprint density at radius 1 is 1.42 bits per heavy atom. The first-order chi connectivity index (χ1) is 11.7. The highest BCUT2D eigenvalue weighted by Gasteiger charge is 2.28. The molecule has 0 bridgehead atoms. The molecule has 0 atom stereocenters.